The van der Waals surface area contributed by atoms with E-state index in [1.807, 2.05) is 32.9 Å². The Morgan fingerprint density at radius 2 is 1.65 bits per heavy atom. The normalized spacial score (nSPS) is 10.0. The maximum atomic E-state index is 5.09. The SMILES string of the molecule is CC.Cc1noc(-c2ccc(C(C)C)cc2)n1. The second-order valence-electron chi connectivity index (χ2n) is 3.92. The van der Waals surface area contributed by atoms with E-state index in [2.05, 4.69) is 36.1 Å². The molecule has 0 unspecified atom stereocenters. The second kappa shape index (κ2) is 6.18. The van der Waals surface area contributed by atoms with Crippen LogP contribution in [0.3, 0.4) is 0 Å². The van der Waals surface area contributed by atoms with Gasteiger partial charge in [-0.3, -0.25) is 0 Å². The first-order valence-electron chi connectivity index (χ1n) is 6.07. The summed E-state index contributed by atoms with van der Waals surface area (Å²) in [6, 6.07) is 8.23. The molecule has 0 aliphatic carbocycles. The van der Waals surface area contributed by atoms with Crippen molar-refractivity contribution in [2.75, 3.05) is 0 Å². The lowest BCUT2D eigenvalue weighted by Gasteiger charge is -2.04. The van der Waals surface area contributed by atoms with Crippen LogP contribution in [0.4, 0.5) is 0 Å². The number of aromatic nitrogens is 2. The number of benzene rings is 1. The highest BCUT2D eigenvalue weighted by atomic mass is 16.5. The average molecular weight is 232 g/mol. The lowest BCUT2D eigenvalue weighted by atomic mass is 10.0. The van der Waals surface area contributed by atoms with Crippen LogP contribution < -0.4 is 0 Å². The Bertz CT molecular complexity index is 444. The molecule has 0 aliphatic heterocycles. The summed E-state index contributed by atoms with van der Waals surface area (Å²) in [5.74, 6) is 1.80. The van der Waals surface area contributed by atoms with Crippen LogP contribution in [0, 0.1) is 6.92 Å². The van der Waals surface area contributed by atoms with Crippen molar-refractivity contribution in [3.05, 3.63) is 35.7 Å². The Kier molecular flexibility index (Phi) is 4.88. The maximum Gasteiger partial charge on any atom is 0.257 e. The fraction of sp³-hybridized carbons (Fsp3) is 0.429. The third-order valence-electron chi connectivity index (χ3n) is 2.35. The maximum absolute atomic E-state index is 5.09. The van der Waals surface area contributed by atoms with Gasteiger partial charge in [-0.25, -0.2) is 0 Å². The highest BCUT2D eigenvalue weighted by Gasteiger charge is 2.06. The summed E-state index contributed by atoms with van der Waals surface area (Å²) in [6.07, 6.45) is 0. The van der Waals surface area contributed by atoms with E-state index in [0.717, 1.165) is 5.56 Å². The molecule has 92 valence electrons. The molecule has 0 aliphatic rings. The molecule has 3 nitrogen and oxygen atoms in total. The van der Waals surface area contributed by atoms with Gasteiger partial charge in [0.15, 0.2) is 5.82 Å². The number of hydrogen-bond acceptors (Lipinski definition) is 3. The standard InChI is InChI=1S/C12H14N2O.C2H6/c1-8(2)10-4-6-11(7-5-10)12-13-9(3)14-15-12;1-2/h4-8H,1-3H3;1-2H3. The lowest BCUT2D eigenvalue weighted by molar-refractivity contribution is 0.425. The Balaban J connectivity index is 0.000000686. The van der Waals surface area contributed by atoms with Crippen LogP contribution in [-0.4, -0.2) is 10.1 Å². The van der Waals surface area contributed by atoms with Crippen LogP contribution >= 0.6 is 0 Å². The summed E-state index contributed by atoms with van der Waals surface area (Å²) in [5, 5.41) is 3.76. The van der Waals surface area contributed by atoms with E-state index in [0.29, 0.717) is 17.6 Å². The smallest absolute Gasteiger partial charge is 0.257 e. The second-order valence-corrected chi connectivity index (χ2v) is 3.92. The van der Waals surface area contributed by atoms with E-state index in [1.54, 1.807) is 0 Å². The molecule has 0 bridgehead atoms. The Hall–Kier alpha value is -1.64. The van der Waals surface area contributed by atoms with E-state index in [9.17, 15) is 0 Å². The van der Waals surface area contributed by atoms with Gasteiger partial charge in [-0.2, -0.15) is 4.98 Å². The van der Waals surface area contributed by atoms with Crippen LogP contribution in [0.25, 0.3) is 11.5 Å². The van der Waals surface area contributed by atoms with Gasteiger partial charge in [0.2, 0.25) is 0 Å². The van der Waals surface area contributed by atoms with E-state index < -0.39 is 0 Å². The molecule has 17 heavy (non-hydrogen) atoms. The van der Waals surface area contributed by atoms with Crippen molar-refractivity contribution in [1.82, 2.24) is 10.1 Å². The molecule has 0 N–H and O–H groups in total. The molecule has 0 fully saturated rings. The molecule has 0 saturated carbocycles. The van der Waals surface area contributed by atoms with E-state index >= 15 is 0 Å². The number of rotatable bonds is 2. The largest absolute Gasteiger partial charge is 0.334 e. The fourth-order valence-corrected chi connectivity index (χ4v) is 1.42. The summed E-state index contributed by atoms with van der Waals surface area (Å²) in [5.41, 5.74) is 2.29. The monoisotopic (exact) mass is 232 g/mol. The summed E-state index contributed by atoms with van der Waals surface area (Å²) in [7, 11) is 0. The fourth-order valence-electron chi connectivity index (χ4n) is 1.42. The number of hydrogen-bond donors (Lipinski definition) is 0. The molecular weight excluding hydrogens is 212 g/mol. The van der Waals surface area contributed by atoms with Crippen molar-refractivity contribution >= 4 is 0 Å². The van der Waals surface area contributed by atoms with Crippen LogP contribution in [0.1, 0.15) is 45.0 Å². The van der Waals surface area contributed by atoms with Gasteiger partial charge in [0.05, 0.1) is 0 Å². The van der Waals surface area contributed by atoms with Crippen LogP contribution in [0.5, 0.6) is 0 Å². The van der Waals surface area contributed by atoms with Gasteiger partial charge in [-0.05, 0) is 30.5 Å². The highest BCUT2D eigenvalue weighted by molar-refractivity contribution is 5.53. The van der Waals surface area contributed by atoms with Crippen molar-refractivity contribution in [1.29, 1.82) is 0 Å². The minimum Gasteiger partial charge on any atom is -0.334 e. The molecule has 2 rings (SSSR count). The minimum absolute atomic E-state index is 0.545. The minimum atomic E-state index is 0.545. The quantitative estimate of drug-likeness (QED) is 0.779. The third-order valence-corrected chi connectivity index (χ3v) is 2.35. The molecule has 0 amide bonds. The first-order valence-corrected chi connectivity index (χ1v) is 6.07. The zero-order valence-corrected chi connectivity index (χ0v) is 11.2. The highest BCUT2D eigenvalue weighted by Crippen LogP contribution is 2.20. The van der Waals surface area contributed by atoms with Gasteiger partial charge in [0.25, 0.3) is 5.89 Å². The number of nitrogens with zero attached hydrogens (tertiary/aromatic N) is 2. The van der Waals surface area contributed by atoms with E-state index in [4.69, 9.17) is 4.52 Å². The third kappa shape index (κ3) is 3.41. The molecule has 1 heterocycles. The van der Waals surface area contributed by atoms with Crippen molar-refractivity contribution in [3.63, 3.8) is 0 Å². The first kappa shape index (κ1) is 13.4. The molecule has 1 aromatic carbocycles. The topological polar surface area (TPSA) is 38.9 Å². The number of aryl methyl sites for hydroxylation is 1. The van der Waals surface area contributed by atoms with E-state index in [-0.39, 0.29) is 0 Å². The molecule has 0 saturated heterocycles. The van der Waals surface area contributed by atoms with Gasteiger partial charge in [0, 0.05) is 5.56 Å². The summed E-state index contributed by atoms with van der Waals surface area (Å²) < 4.78 is 5.09. The Morgan fingerprint density at radius 1 is 1.06 bits per heavy atom. The summed E-state index contributed by atoms with van der Waals surface area (Å²) >= 11 is 0. The molecule has 2 aromatic rings. The Morgan fingerprint density at radius 3 is 2.06 bits per heavy atom. The zero-order valence-electron chi connectivity index (χ0n) is 11.2. The average Bonchev–Trinajstić information content (AvgIpc) is 2.79. The van der Waals surface area contributed by atoms with Gasteiger partial charge in [-0.15, -0.1) is 0 Å². The summed E-state index contributed by atoms with van der Waals surface area (Å²) in [6.45, 7) is 10.2. The van der Waals surface area contributed by atoms with Crippen molar-refractivity contribution < 1.29 is 4.52 Å². The van der Waals surface area contributed by atoms with Crippen LogP contribution in [0.15, 0.2) is 28.8 Å². The van der Waals surface area contributed by atoms with Gasteiger partial charge in [-0.1, -0.05) is 45.0 Å². The van der Waals surface area contributed by atoms with Crippen molar-refractivity contribution in [2.45, 2.75) is 40.5 Å². The zero-order chi connectivity index (χ0) is 12.8. The molecule has 3 heteroatoms. The predicted molar refractivity (Wildman–Crippen MR) is 69.9 cm³/mol. The van der Waals surface area contributed by atoms with Gasteiger partial charge >= 0.3 is 0 Å². The predicted octanol–water partition coefficient (Wildman–Crippen LogP) is 4.19. The molecular formula is C14H20N2O. The van der Waals surface area contributed by atoms with Crippen LogP contribution in [0.2, 0.25) is 0 Å². The molecule has 0 radical (unpaired) electrons. The van der Waals surface area contributed by atoms with Crippen molar-refractivity contribution in [2.24, 2.45) is 0 Å². The molecule has 0 spiro atoms. The van der Waals surface area contributed by atoms with Gasteiger partial charge < -0.3 is 4.52 Å². The van der Waals surface area contributed by atoms with Crippen molar-refractivity contribution in [3.8, 4) is 11.5 Å². The summed E-state index contributed by atoms with van der Waals surface area (Å²) in [4.78, 5) is 4.18. The Labute approximate surface area is 103 Å². The first-order chi connectivity index (χ1) is 8.16. The van der Waals surface area contributed by atoms with Gasteiger partial charge in [0.1, 0.15) is 0 Å². The van der Waals surface area contributed by atoms with E-state index in [1.165, 1.54) is 5.56 Å². The van der Waals surface area contributed by atoms with Crippen LogP contribution in [-0.2, 0) is 0 Å². The lowest BCUT2D eigenvalue weighted by Crippen LogP contribution is -1.86. The molecule has 0 atom stereocenters. The molecule has 1 aromatic heterocycles.